The van der Waals surface area contributed by atoms with Gasteiger partial charge in [-0.15, -0.1) is 0 Å². The van der Waals surface area contributed by atoms with Crippen LogP contribution in [-0.2, 0) is 0 Å². The number of nitrogens with zero attached hydrogens (tertiary/aromatic N) is 1. The second kappa shape index (κ2) is 5.36. The van der Waals surface area contributed by atoms with Crippen molar-refractivity contribution < 1.29 is 14.0 Å². The van der Waals surface area contributed by atoms with E-state index in [9.17, 15) is 0 Å². The summed E-state index contributed by atoms with van der Waals surface area (Å²) in [5.74, 6) is 2.25. The first-order chi connectivity index (χ1) is 9.69. The van der Waals surface area contributed by atoms with E-state index in [0.717, 1.165) is 10.0 Å². The van der Waals surface area contributed by atoms with Crippen molar-refractivity contribution in [1.82, 2.24) is 5.16 Å². The van der Waals surface area contributed by atoms with Gasteiger partial charge in [-0.3, -0.25) is 0 Å². The highest BCUT2D eigenvalue weighted by atomic mass is 79.9. The highest BCUT2D eigenvalue weighted by Crippen LogP contribution is 2.44. The monoisotopic (exact) mass is 338 g/mol. The summed E-state index contributed by atoms with van der Waals surface area (Å²) in [6.07, 6.45) is 2.45. The minimum atomic E-state index is 0.267. The van der Waals surface area contributed by atoms with E-state index in [2.05, 4.69) is 21.1 Å². The molecule has 0 bridgehead atoms. The molecule has 0 spiro atoms. The molecule has 2 N–H and O–H groups in total. The molecule has 5 nitrogen and oxygen atoms in total. The molecule has 0 amide bonds. The maximum Gasteiger partial charge on any atom is 0.222 e. The lowest BCUT2D eigenvalue weighted by atomic mass is 10.1. The van der Waals surface area contributed by atoms with E-state index in [0.29, 0.717) is 29.7 Å². The highest BCUT2D eigenvalue weighted by molar-refractivity contribution is 9.10. The van der Waals surface area contributed by atoms with Crippen molar-refractivity contribution in [2.45, 2.75) is 12.8 Å². The minimum Gasteiger partial charge on any atom is -0.493 e. The first-order valence-electron chi connectivity index (χ1n) is 6.41. The largest absolute Gasteiger partial charge is 0.493 e. The molecule has 0 atom stereocenters. The summed E-state index contributed by atoms with van der Waals surface area (Å²) >= 11 is 3.52. The SMILES string of the molecule is COc1ccc(Br)c(-c2cc(N)on2)c1OCC1CC1. The number of benzene rings is 1. The number of aromatic nitrogens is 1. The van der Waals surface area contributed by atoms with Gasteiger partial charge in [0.05, 0.1) is 19.3 Å². The van der Waals surface area contributed by atoms with E-state index in [-0.39, 0.29) is 5.88 Å². The second-order valence-corrected chi connectivity index (χ2v) is 5.68. The first kappa shape index (κ1) is 13.3. The lowest BCUT2D eigenvalue weighted by Gasteiger charge is -2.15. The number of anilines is 1. The van der Waals surface area contributed by atoms with Crippen LogP contribution >= 0.6 is 15.9 Å². The van der Waals surface area contributed by atoms with Crippen LogP contribution in [-0.4, -0.2) is 18.9 Å². The van der Waals surface area contributed by atoms with E-state index < -0.39 is 0 Å². The zero-order valence-electron chi connectivity index (χ0n) is 11.1. The molecule has 0 saturated heterocycles. The predicted octanol–water partition coefficient (Wildman–Crippen LogP) is 3.48. The van der Waals surface area contributed by atoms with Crippen molar-refractivity contribution in [2.24, 2.45) is 5.92 Å². The molecule has 106 valence electrons. The van der Waals surface area contributed by atoms with E-state index >= 15 is 0 Å². The quantitative estimate of drug-likeness (QED) is 0.903. The van der Waals surface area contributed by atoms with Crippen LogP contribution in [0.3, 0.4) is 0 Å². The summed E-state index contributed by atoms with van der Waals surface area (Å²) in [7, 11) is 1.62. The molecule has 1 aromatic carbocycles. The van der Waals surface area contributed by atoms with Gasteiger partial charge in [0.15, 0.2) is 11.5 Å². The van der Waals surface area contributed by atoms with Crippen LogP contribution in [0.2, 0.25) is 0 Å². The summed E-state index contributed by atoms with van der Waals surface area (Å²) in [5, 5.41) is 3.96. The smallest absolute Gasteiger partial charge is 0.222 e. The van der Waals surface area contributed by atoms with Gasteiger partial charge in [0.1, 0.15) is 5.69 Å². The normalized spacial score (nSPS) is 14.3. The van der Waals surface area contributed by atoms with Gasteiger partial charge in [-0.25, -0.2) is 0 Å². The van der Waals surface area contributed by atoms with Crippen LogP contribution in [0.15, 0.2) is 27.2 Å². The molecular weight excluding hydrogens is 324 g/mol. The molecule has 0 unspecified atom stereocenters. The average Bonchev–Trinajstić information content (AvgIpc) is 3.17. The van der Waals surface area contributed by atoms with Gasteiger partial charge in [-0.1, -0.05) is 5.16 Å². The molecule has 1 fully saturated rings. The highest BCUT2D eigenvalue weighted by Gasteiger charge is 2.25. The Morgan fingerprint density at radius 1 is 1.45 bits per heavy atom. The summed E-state index contributed by atoms with van der Waals surface area (Å²) in [6, 6.07) is 5.42. The third kappa shape index (κ3) is 2.60. The van der Waals surface area contributed by atoms with Crippen molar-refractivity contribution in [3.8, 4) is 22.8 Å². The maximum absolute atomic E-state index is 5.95. The number of ether oxygens (including phenoxy) is 2. The van der Waals surface area contributed by atoms with E-state index in [1.54, 1.807) is 13.2 Å². The van der Waals surface area contributed by atoms with Crippen LogP contribution in [0.1, 0.15) is 12.8 Å². The Kier molecular flexibility index (Phi) is 3.56. The molecule has 1 aliphatic rings. The Labute approximate surface area is 125 Å². The summed E-state index contributed by atoms with van der Waals surface area (Å²) in [5.41, 5.74) is 7.02. The molecule has 2 aromatic rings. The van der Waals surface area contributed by atoms with E-state index in [4.69, 9.17) is 19.7 Å². The minimum absolute atomic E-state index is 0.267. The van der Waals surface area contributed by atoms with Crippen molar-refractivity contribution in [3.63, 3.8) is 0 Å². The zero-order valence-corrected chi connectivity index (χ0v) is 12.6. The van der Waals surface area contributed by atoms with Gasteiger partial charge in [0.25, 0.3) is 0 Å². The van der Waals surface area contributed by atoms with Crippen molar-refractivity contribution >= 4 is 21.8 Å². The molecule has 6 heteroatoms. The summed E-state index contributed by atoms with van der Waals surface area (Å²) in [4.78, 5) is 0. The lowest BCUT2D eigenvalue weighted by molar-refractivity contribution is 0.281. The van der Waals surface area contributed by atoms with Crippen molar-refractivity contribution in [3.05, 3.63) is 22.7 Å². The molecular formula is C14H15BrN2O3. The number of hydrogen-bond acceptors (Lipinski definition) is 5. The van der Waals surface area contributed by atoms with Crippen LogP contribution < -0.4 is 15.2 Å². The van der Waals surface area contributed by atoms with Gasteiger partial charge < -0.3 is 19.7 Å². The summed E-state index contributed by atoms with van der Waals surface area (Å²) in [6.45, 7) is 0.688. The van der Waals surface area contributed by atoms with Crippen LogP contribution in [0.4, 0.5) is 5.88 Å². The van der Waals surface area contributed by atoms with Gasteiger partial charge in [-0.2, -0.15) is 0 Å². The Balaban J connectivity index is 2.04. The van der Waals surface area contributed by atoms with Crippen molar-refractivity contribution in [1.29, 1.82) is 0 Å². The molecule has 1 aromatic heterocycles. The second-order valence-electron chi connectivity index (χ2n) is 4.82. The molecule has 0 radical (unpaired) electrons. The molecule has 1 aliphatic carbocycles. The Bertz CT molecular complexity index is 623. The Morgan fingerprint density at radius 3 is 2.85 bits per heavy atom. The zero-order chi connectivity index (χ0) is 14.1. The predicted molar refractivity (Wildman–Crippen MR) is 78.8 cm³/mol. The first-order valence-corrected chi connectivity index (χ1v) is 7.20. The fourth-order valence-electron chi connectivity index (χ4n) is 1.98. The number of rotatable bonds is 5. The fourth-order valence-corrected chi connectivity index (χ4v) is 2.49. The molecule has 0 aliphatic heterocycles. The van der Waals surface area contributed by atoms with Gasteiger partial charge >= 0.3 is 0 Å². The number of methoxy groups -OCH3 is 1. The number of nitrogens with two attached hydrogens (primary N) is 1. The molecule has 1 heterocycles. The Morgan fingerprint density at radius 2 is 2.25 bits per heavy atom. The third-order valence-corrected chi connectivity index (χ3v) is 3.90. The van der Waals surface area contributed by atoms with Crippen LogP contribution in [0.5, 0.6) is 11.5 Å². The molecule has 1 saturated carbocycles. The average molecular weight is 339 g/mol. The van der Waals surface area contributed by atoms with Crippen molar-refractivity contribution in [2.75, 3.05) is 19.5 Å². The standard InChI is InChI=1S/C14H15BrN2O3/c1-18-11-5-4-9(15)13(10-6-12(16)20-17-10)14(11)19-7-8-2-3-8/h4-6,8H,2-3,7,16H2,1H3. The van der Waals surface area contributed by atoms with Gasteiger partial charge in [-0.05, 0) is 46.8 Å². The van der Waals surface area contributed by atoms with Crippen LogP contribution in [0.25, 0.3) is 11.3 Å². The van der Waals surface area contributed by atoms with Crippen LogP contribution in [0, 0.1) is 5.92 Å². The topological polar surface area (TPSA) is 70.5 Å². The van der Waals surface area contributed by atoms with E-state index in [1.807, 2.05) is 12.1 Å². The summed E-state index contributed by atoms with van der Waals surface area (Å²) < 4.78 is 17.1. The Hall–Kier alpha value is -1.69. The van der Waals surface area contributed by atoms with Gasteiger partial charge in [0.2, 0.25) is 5.88 Å². The number of nitrogen functional groups attached to an aromatic ring is 1. The maximum atomic E-state index is 5.95. The number of hydrogen-bond donors (Lipinski definition) is 1. The lowest BCUT2D eigenvalue weighted by Crippen LogP contribution is -2.03. The van der Waals surface area contributed by atoms with E-state index in [1.165, 1.54) is 12.8 Å². The van der Waals surface area contributed by atoms with Gasteiger partial charge in [0, 0.05) is 10.5 Å². The molecule has 3 rings (SSSR count). The third-order valence-electron chi connectivity index (χ3n) is 3.24. The fraction of sp³-hybridized carbons (Fsp3) is 0.357. The molecule has 20 heavy (non-hydrogen) atoms. The number of halogens is 1.